The van der Waals surface area contributed by atoms with Crippen LogP contribution in [0.25, 0.3) is 0 Å². The van der Waals surface area contributed by atoms with E-state index in [1.54, 1.807) is 12.1 Å². The first-order valence-electron chi connectivity index (χ1n) is 5.94. The van der Waals surface area contributed by atoms with Gasteiger partial charge in [-0.2, -0.15) is 0 Å². The van der Waals surface area contributed by atoms with Crippen LogP contribution in [0.2, 0.25) is 0 Å². The van der Waals surface area contributed by atoms with E-state index >= 15 is 0 Å². The Kier molecular flexibility index (Phi) is 7.51. The number of hydrogen-bond acceptors (Lipinski definition) is 4. The third-order valence-corrected chi connectivity index (χ3v) is 9.45. The predicted octanol–water partition coefficient (Wildman–Crippen LogP) is 7.19. The first-order valence-corrected chi connectivity index (χ1v) is 10.7. The molecule has 0 fully saturated rings. The van der Waals surface area contributed by atoms with E-state index in [1.165, 1.54) is 12.1 Å². The SMILES string of the molecule is O=C(OOC(=O)c1ccc(Br)c(Br)c1Br)c1ccc(Br)c(Br)c1Br. The van der Waals surface area contributed by atoms with Crippen molar-refractivity contribution < 1.29 is 19.4 Å². The Morgan fingerprint density at radius 1 is 0.583 bits per heavy atom. The molecule has 0 spiro atoms. The summed E-state index contributed by atoms with van der Waals surface area (Å²) in [7, 11) is 0. The maximum atomic E-state index is 12.1. The second kappa shape index (κ2) is 8.77. The van der Waals surface area contributed by atoms with Gasteiger partial charge in [0.15, 0.2) is 0 Å². The molecule has 10 heteroatoms. The smallest absolute Gasteiger partial charge is 0.241 e. The second-order valence-corrected chi connectivity index (χ2v) is 9.07. The van der Waals surface area contributed by atoms with Crippen LogP contribution in [0, 0.1) is 0 Å². The highest BCUT2D eigenvalue weighted by atomic mass is 79.9. The molecule has 2 aromatic rings. The van der Waals surface area contributed by atoms with E-state index in [1.807, 2.05) is 0 Å². The van der Waals surface area contributed by atoms with Gasteiger partial charge in [0.1, 0.15) is 0 Å². The van der Waals surface area contributed by atoms with Crippen molar-refractivity contribution in [1.29, 1.82) is 0 Å². The van der Waals surface area contributed by atoms with Gasteiger partial charge in [0.2, 0.25) is 0 Å². The van der Waals surface area contributed by atoms with Crippen molar-refractivity contribution in [2.75, 3.05) is 0 Å². The summed E-state index contributed by atoms with van der Waals surface area (Å²) in [4.78, 5) is 33.4. The molecule has 0 radical (unpaired) electrons. The summed E-state index contributed by atoms with van der Waals surface area (Å²) in [6.07, 6.45) is 0. The lowest BCUT2D eigenvalue weighted by atomic mass is 10.2. The van der Waals surface area contributed by atoms with Gasteiger partial charge in [-0.3, -0.25) is 0 Å². The molecule has 0 N–H and O–H groups in total. The van der Waals surface area contributed by atoms with Gasteiger partial charge in [0.25, 0.3) is 0 Å². The quantitative estimate of drug-likeness (QED) is 0.188. The zero-order valence-corrected chi connectivity index (χ0v) is 20.7. The molecule has 0 aromatic heterocycles. The van der Waals surface area contributed by atoms with E-state index in [9.17, 15) is 9.59 Å². The minimum atomic E-state index is -0.810. The molecule has 0 atom stereocenters. The summed E-state index contributed by atoms with van der Waals surface area (Å²) >= 11 is 19.8. The molecule has 0 saturated carbocycles. The highest BCUT2D eigenvalue weighted by Gasteiger charge is 2.21. The normalized spacial score (nSPS) is 10.4. The van der Waals surface area contributed by atoms with E-state index < -0.39 is 11.9 Å². The molecule has 4 nitrogen and oxygen atoms in total. The Morgan fingerprint density at radius 3 is 1.25 bits per heavy atom. The maximum Gasteiger partial charge on any atom is 0.387 e. The fraction of sp³-hybridized carbons (Fsp3) is 0. The van der Waals surface area contributed by atoms with Crippen LogP contribution in [0.15, 0.2) is 51.1 Å². The number of carbonyl (C=O) groups is 2. The van der Waals surface area contributed by atoms with Crippen LogP contribution in [0.4, 0.5) is 0 Å². The molecule has 0 aliphatic heterocycles. The van der Waals surface area contributed by atoms with Gasteiger partial charge in [-0.05, 0) is 120 Å². The summed E-state index contributed by atoms with van der Waals surface area (Å²) in [6.45, 7) is 0. The topological polar surface area (TPSA) is 52.6 Å². The lowest BCUT2D eigenvalue weighted by molar-refractivity contribution is -0.187. The molecular formula is C14H4Br6O4. The van der Waals surface area contributed by atoms with Crippen LogP contribution < -0.4 is 0 Å². The van der Waals surface area contributed by atoms with Gasteiger partial charge in [-0.25, -0.2) is 19.4 Å². The van der Waals surface area contributed by atoms with Gasteiger partial charge in [0.05, 0.1) is 11.1 Å². The average Bonchev–Trinajstić information content (AvgIpc) is 2.55. The molecule has 24 heavy (non-hydrogen) atoms. The zero-order chi connectivity index (χ0) is 18.0. The highest BCUT2D eigenvalue weighted by molar-refractivity contribution is 9.15. The summed E-state index contributed by atoms with van der Waals surface area (Å²) in [5, 5.41) is 0. The van der Waals surface area contributed by atoms with E-state index in [0.717, 1.165) is 8.95 Å². The molecule has 2 aromatic carbocycles. The largest absolute Gasteiger partial charge is 0.387 e. The lowest BCUT2D eigenvalue weighted by Gasteiger charge is -2.08. The highest BCUT2D eigenvalue weighted by Crippen LogP contribution is 2.35. The molecule has 0 aliphatic rings. The van der Waals surface area contributed by atoms with Crippen LogP contribution in [0.3, 0.4) is 0 Å². The van der Waals surface area contributed by atoms with Crippen LogP contribution in [-0.4, -0.2) is 11.9 Å². The van der Waals surface area contributed by atoms with Crippen molar-refractivity contribution in [1.82, 2.24) is 0 Å². The minimum absolute atomic E-state index is 0.203. The summed E-state index contributed by atoms with van der Waals surface area (Å²) in [5.41, 5.74) is 0.405. The predicted molar refractivity (Wildman–Crippen MR) is 110 cm³/mol. The molecule has 0 heterocycles. The number of rotatable bonds is 2. The van der Waals surface area contributed by atoms with Gasteiger partial charge in [-0.15, -0.1) is 0 Å². The Balaban J connectivity index is 2.14. The Labute approximate surface area is 187 Å². The minimum Gasteiger partial charge on any atom is -0.241 e. The molecule has 0 saturated heterocycles. The molecule has 0 aliphatic carbocycles. The Bertz CT molecular complexity index is 767. The standard InChI is InChI=1S/C14H4Br6O4/c15-7-3-1-5(9(17)11(7)19)13(21)23-24-14(22)6-2-4-8(16)12(20)10(6)18/h1-4H. The van der Waals surface area contributed by atoms with E-state index in [0.29, 0.717) is 17.9 Å². The Hall–Kier alpha value is 0.260. The second-order valence-electron chi connectivity index (χ2n) is 4.19. The molecule has 126 valence electrons. The Morgan fingerprint density at radius 2 is 0.917 bits per heavy atom. The van der Waals surface area contributed by atoms with Crippen LogP contribution in [-0.2, 0) is 9.78 Å². The molecule has 0 unspecified atom stereocenters. The fourth-order valence-corrected chi connectivity index (χ4v) is 4.43. The van der Waals surface area contributed by atoms with Crippen molar-refractivity contribution in [2.45, 2.75) is 0 Å². The van der Waals surface area contributed by atoms with Crippen molar-refractivity contribution >= 4 is 108 Å². The van der Waals surface area contributed by atoms with E-state index in [-0.39, 0.29) is 11.1 Å². The molecule has 0 amide bonds. The van der Waals surface area contributed by atoms with E-state index in [2.05, 4.69) is 105 Å². The zero-order valence-electron chi connectivity index (χ0n) is 11.2. The summed E-state index contributed by atoms with van der Waals surface area (Å²) in [6, 6.07) is 6.38. The number of halogens is 6. The first-order chi connectivity index (χ1) is 11.2. The van der Waals surface area contributed by atoms with Crippen molar-refractivity contribution in [3.05, 3.63) is 62.2 Å². The third-order valence-electron chi connectivity index (χ3n) is 2.70. The average molecular weight is 716 g/mol. The monoisotopic (exact) mass is 710 g/mol. The van der Waals surface area contributed by atoms with Crippen LogP contribution >= 0.6 is 95.6 Å². The van der Waals surface area contributed by atoms with Gasteiger partial charge < -0.3 is 0 Å². The van der Waals surface area contributed by atoms with Crippen LogP contribution in [0.5, 0.6) is 0 Å². The van der Waals surface area contributed by atoms with Crippen molar-refractivity contribution in [3.8, 4) is 0 Å². The number of benzene rings is 2. The van der Waals surface area contributed by atoms with Crippen molar-refractivity contribution in [3.63, 3.8) is 0 Å². The van der Waals surface area contributed by atoms with Gasteiger partial charge in [-0.1, -0.05) is 0 Å². The lowest BCUT2D eigenvalue weighted by Crippen LogP contribution is -2.13. The third kappa shape index (κ3) is 4.50. The molecule has 0 bridgehead atoms. The fourth-order valence-electron chi connectivity index (χ4n) is 1.53. The van der Waals surface area contributed by atoms with E-state index in [4.69, 9.17) is 0 Å². The summed E-state index contributed by atoms with van der Waals surface area (Å²) in [5.74, 6) is -1.62. The maximum absolute atomic E-state index is 12.1. The van der Waals surface area contributed by atoms with Crippen molar-refractivity contribution in [2.24, 2.45) is 0 Å². The molecular weight excluding hydrogens is 712 g/mol. The molecule has 2 rings (SSSR count). The first kappa shape index (κ1) is 20.6. The van der Waals surface area contributed by atoms with Gasteiger partial charge >= 0.3 is 11.9 Å². The van der Waals surface area contributed by atoms with Crippen LogP contribution in [0.1, 0.15) is 20.7 Å². The van der Waals surface area contributed by atoms with Gasteiger partial charge in [0, 0.05) is 26.8 Å². The number of hydrogen-bond donors (Lipinski definition) is 0. The summed E-state index contributed by atoms with van der Waals surface area (Å²) < 4.78 is 3.75. The number of carbonyl (C=O) groups excluding carboxylic acids is 2.